The van der Waals surface area contributed by atoms with Crippen LogP contribution in [-0.2, 0) is 0 Å². The van der Waals surface area contributed by atoms with Gasteiger partial charge in [0.25, 0.3) is 0 Å². The molecule has 0 bridgehead atoms. The summed E-state index contributed by atoms with van der Waals surface area (Å²) < 4.78 is 1.76. The molecular formula is C17H11N7S. The maximum atomic E-state index is 9.18. The SMILES string of the molecule is N#CCC(c1ccc(C#N)s1)n1cc(-c2ncnc3[nH]ccc23)cn1. The van der Waals surface area contributed by atoms with Crippen molar-refractivity contribution in [3.8, 4) is 23.4 Å². The Labute approximate surface area is 146 Å². The number of aromatic nitrogens is 5. The summed E-state index contributed by atoms with van der Waals surface area (Å²) in [7, 11) is 0. The Hall–Kier alpha value is -3.49. The fraction of sp³-hybridized carbons (Fsp3) is 0.118. The quantitative estimate of drug-likeness (QED) is 0.611. The van der Waals surface area contributed by atoms with Crippen molar-refractivity contribution in [1.29, 1.82) is 10.5 Å². The third kappa shape index (κ3) is 2.65. The van der Waals surface area contributed by atoms with Crippen molar-refractivity contribution in [2.45, 2.75) is 12.5 Å². The molecule has 0 saturated heterocycles. The topological polar surface area (TPSA) is 107 Å². The van der Waals surface area contributed by atoms with Crippen LogP contribution in [0.3, 0.4) is 0 Å². The van der Waals surface area contributed by atoms with Crippen molar-refractivity contribution in [3.63, 3.8) is 0 Å². The summed E-state index contributed by atoms with van der Waals surface area (Å²) in [5, 5.41) is 23.6. The average molecular weight is 345 g/mol. The van der Waals surface area contributed by atoms with Crippen molar-refractivity contribution in [1.82, 2.24) is 24.7 Å². The lowest BCUT2D eigenvalue weighted by Gasteiger charge is -2.12. The van der Waals surface area contributed by atoms with Crippen LogP contribution in [0.15, 0.2) is 43.1 Å². The lowest BCUT2D eigenvalue weighted by atomic mass is 10.1. The first-order valence-electron chi connectivity index (χ1n) is 7.49. The van der Waals surface area contributed by atoms with Gasteiger partial charge >= 0.3 is 0 Å². The number of nitrogens with zero attached hydrogens (tertiary/aromatic N) is 6. The number of H-pyrrole nitrogens is 1. The molecule has 1 unspecified atom stereocenters. The summed E-state index contributed by atoms with van der Waals surface area (Å²) in [6, 6.07) is 9.67. The molecule has 0 radical (unpaired) electrons. The molecule has 4 aromatic heterocycles. The highest BCUT2D eigenvalue weighted by Gasteiger charge is 2.18. The summed E-state index contributed by atoms with van der Waals surface area (Å²) in [4.78, 5) is 13.2. The molecule has 0 fully saturated rings. The summed E-state index contributed by atoms with van der Waals surface area (Å²) in [5.74, 6) is 0. The second-order valence-corrected chi connectivity index (χ2v) is 6.48. The molecule has 4 aromatic rings. The molecule has 0 saturated carbocycles. The lowest BCUT2D eigenvalue weighted by molar-refractivity contribution is 0.540. The first kappa shape index (κ1) is 15.1. The smallest absolute Gasteiger partial charge is 0.141 e. The van der Waals surface area contributed by atoms with Gasteiger partial charge in [-0.05, 0) is 18.2 Å². The van der Waals surface area contributed by atoms with Crippen molar-refractivity contribution < 1.29 is 0 Å². The molecule has 0 aliphatic carbocycles. The fourth-order valence-corrected chi connectivity index (χ4v) is 3.64. The molecule has 1 N–H and O–H groups in total. The molecule has 0 aliphatic rings. The predicted octanol–water partition coefficient (Wildman–Crippen LogP) is 3.26. The predicted molar refractivity (Wildman–Crippen MR) is 92.5 cm³/mol. The minimum atomic E-state index is -0.227. The second kappa shape index (κ2) is 6.19. The van der Waals surface area contributed by atoms with Gasteiger partial charge in [0.2, 0.25) is 0 Å². The highest BCUT2D eigenvalue weighted by molar-refractivity contribution is 7.12. The zero-order valence-electron chi connectivity index (χ0n) is 12.9. The normalized spacial score (nSPS) is 11.9. The van der Waals surface area contributed by atoms with E-state index >= 15 is 0 Å². The number of hydrogen-bond acceptors (Lipinski definition) is 6. The molecular weight excluding hydrogens is 334 g/mol. The number of thiophene rings is 1. The maximum Gasteiger partial charge on any atom is 0.141 e. The van der Waals surface area contributed by atoms with E-state index in [0.717, 1.165) is 27.2 Å². The van der Waals surface area contributed by atoms with E-state index in [2.05, 4.69) is 32.2 Å². The minimum absolute atomic E-state index is 0.227. The number of nitrogens with one attached hydrogen (secondary N) is 1. The van der Waals surface area contributed by atoms with Crippen LogP contribution < -0.4 is 0 Å². The molecule has 0 aromatic carbocycles. The fourth-order valence-electron chi connectivity index (χ4n) is 2.74. The molecule has 0 spiro atoms. The Morgan fingerprint density at radius 3 is 2.96 bits per heavy atom. The zero-order valence-corrected chi connectivity index (χ0v) is 13.7. The van der Waals surface area contributed by atoms with E-state index in [9.17, 15) is 5.26 Å². The number of nitriles is 2. The van der Waals surface area contributed by atoms with E-state index in [-0.39, 0.29) is 12.5 Å². The molecule has 1 atom stereocenters. The van der Waals surface area contributed by atoms with Crippen molar-refractivity contribution in [2.75, 3.05) is 0 Å². The third-order valence-corrected chi connectivity index (χ3v) is 4.99. The molecule has 4 heterocycles. The lowest BCUT2D eigenvalue weighted by Crippen LogP contribution is -2.09. The van der Waals surface area contributed by atoms with E-state index in [0.29, 0.717) is 4.88 Å². The molecule has 8 heteroatoms. The van der Waals surface area contributed by atoms with E-state index in [1.54, 1.807) is 16.9 Å². The zero-order chi connectivity index (χ0) is 17.2. The van der Waals surface area contributed by atoms with Gasteiger partial charge in [-0.3, -0.25) is 4.68 Å². The van der Waals surface area contributed by atoms with Gasteiger partial charge in [0.15, 0.2) is 0 Å². The Balaban J connectivity index is 1.75. The minimum Gasteiger partial charge on any atom is -0.346 e. The molecule has 4 rings (SSSR count). The summed E-state index contributed by atoms with van der Waals surface area (Å²) in [6.07, 6.45) is 7.22. The number of rotatable bonds is 4. The summed E-state index contributed by atoms with van der Waals surface area (Å²) in [6.45, 7) is 0. The van der Waals surface area contributed by atoms with E-state index in [1.165, 1.54) is 17.7 Å². The van der Waals surface area contributed by atoms with Gasteiger partial charge in [-0.1, -0.05) is 0 Å². The average Bonchev–Trinajstić information content (AvgIpc) is 3.39. The largest absolute Gasteiger partial charge is 0.346 e. The van der Waals surface area contributed by atoms with Crippen molar-refractivity contribution in [2.24, 2.45) is 0 Å². The highest BCUT2D eigenvalue weighted by Crippen LogP contribution is 2.30. The Kier molecular flexibility index (Phi) is 3.73. The molecule has 120 valence electrons. The maximum absolute atomic E-state index is 9.18. The van der Waals surface area contributed by atoms with Crippen LogP contribution in [0.2, 0.25) is 0 Å². The molecule has 0 amide bonds. The number of fused-ring (bicyclic) bond motifs is 1. The van der Waals surface area contributed by atoms with Crippen molar-refractivity contribution >= 4 is 22.4 Å². The third-order valence-electron chi connectivity index (χ3n) is 3.90. The van der Waals surface area contributed by atoms with Gasteiger partial charge < -0.3 is 4.98 Å². The van der Waals surface area contributed by atoms with E-state index < -0.39 is 0 Å². The molecule has 25 heavy (non-hydrogen) atoms. The molecule has 0 aliphatic heterocycles. The standard InChI is InChI=1S/C17H11N7S/c18-5-3-14(15-2-1-12(7-19)25-15)24-9-11(8-23-24)16-13-4-6-20-17(13)22-10-21-16/h1-2,4,6,8-10,14H,3H2,(H,20,21,22). The number of hydrogen-bond donors (Lipinski definition) is 1. The molecule has 7 nitrogen and oxygen atoms in total. The van der Waals surface area contributed by atoms with Gasteiger partial charge in [0.1, 0.15) is 22.9 Å². The second-order valence-electron chi connectivity index (χ2n) is 5.36. The van der Waals surface area contributed by atoms with Gasteiger partial charge in [-0.15, -0.1) is 11.3 Å². The van der Waals surface area contributed by atoms with Crippen LogP contribution in [0.5, 0.6) is 0 Å². The summed E-state index contributed by atoms with van der Waals surface area (Å²) in [5.41, 5.74) is 2.41. The number of aromatic amines is 1. The van der Waals surface area contributed by atoms with Crippen LogP contribution in [0, 0.1) is 22.7 Å². The van der Waals surface area contributed by atoms with Gasteiger partial charge in [0.05, 0.1) is 30.4 Å². The Bertz CT molecular complexity index is 1120. The first-order chi connectivity index (χ1) is 12.3. The van der Waals surface area contributed by atoms with Gasteiger partial charge in [-0.2, -0.15) is 15.6 Å². The van der Waals surface area contributed by atoms with Crippen LogP contribution in [0.4, 0.5) is 0 Å². The Morgan fingerprint density at radius 2 is 2.16 bits per heavy atom. The van der Waals surface area contributed by atoms with E-state index in [4.69, 9.17) is 5.26 Å². The van der Waals surface area contributed by atoms with Crippen molar-refractivity contribution in [3.05, 3.63) is 52.9 Å². The monoisotopic (exact) mass is 345 g/mol. The summed E-state index contributed by atoms with van der Waals surface area (Å²) >= 11 is 1.38. The van der Waals surface area contributed by atoms with Gasteiger partial charge in [0, 0.05) is 28.2 Å². The Morgan fingerprint density at radius 1 is 1.24 bits per heavy atom. The first-order valence-corrected chi connectivity index (χ1v) is 8.31. The van der Waals surface area contributed by atoms with Crippen LogP contribution in [0.1, 0.15) is 22.2 Å². The highest BCUT2D eigenvalue weighted by atomic mass is 32.1. The van der Waals surface area contributed by atoms with Crippen LogP contribution in [-0.4, -0.2) is 24.7 Å². The van der Waals surface area contributed by atoms with Crippen LogP contribution >= 0.6 is 11.3 Å². The van der Waals surface area contributed by atoms with E-state index in [1.807, 2.05) is 24.5 Å². The van der Waals surface area contributed by atoms with Gasteiger partial charge in [-0.25, -0.2) is 9.97 Å². The van der Waals surface area contributed by atoms with Crippen LogP contribution in [0.25, 0.3) is 22.3 Å².